The van der Waals surface area contributed by atoms with E-state index in [-0.39, 0.29) is 13.4 Å². The van der Waals surface area contributed by atoms with E-state index in [1.807, 2.05) is 13.8 Å². The highest BCUT2D eigenvalue weighted by molar-refractivity contribution is 5.59. The van der Waals surface area contributed by atoms with Crippen LogP contribution in [-0.2, 0) is 12.0 Å². The topological polar surface area (TPSA) is 86.6 Å². The van der Waals surface area contributed by atoms with E-state index in [9.17, 15) is 10.2 Å². The van der Waals surface area contributed by atoms with E-state index in [2.05, 4.69) is 6.08 Å². The van der Waals surface area contributed by atoms with Gasteiger partial charge in [0.1, 0.15) is 30.0 Å². The van der Waals surface area contributed by atoms with Crippen LogP contribution in [-0.4, -0.2) is 36.8 Å². The first-order chi connectivity index (χ1) is 14.4. The third-order valence-corrected chi connectivity index (χ3v) is 5.94. The highest BCUT2D eigenvalue weighted by atomic mass is 16.7. The van der Waals surface area contributed by atoms with Crippen molar-refractivity contribution in [3.8, 4) is 28.7 Å². The van der Waals surface area contributed by atoms with Crippen molar-refractivity contribution in [3.05, 3.63) is 52.6 Å². The molecule has 3 heterocycles. The van der Waals surface area contributed by atoms with Gasteiger partial charge in [-0.25, -0.2) is 0 Å². The van der Waals surface area contributed by atoms with Crippen molar-refractivity contribution in [2.45, 2.75) is 38.1 Å². The Hall–Kier alpha value is -2.90. The fourth-order valence-electron chi connectivity index (χ4n) is 4.32. The van der Waals surface area contributed by atoms with Crippen LogP contribution in [0.15, 0.2) is 35.9 Å². The molecule has 158 valence electrons. The number of ether oxygens (including phenoxy) is 5. The second-order valence-corrected chi connectivity index (χ2v) is 8.00. The zero-order valence-corrected chi connectivity index (χ0v) is 17.1. The Kier molecular flexibility index (Phi) is 4.34. The largest absolute Gasteiger partial charge is 0.496 e. The molecule has 2 N–H and O–H groups in total. The minimum Gasteiger partial charge on any atom is -0.496 e. The van der Waals surface area contributed by atoms with Crippen molar-refractivity contribution in [1.29, 1.82) is 0 Å². The molecule has 3 unspecified atom stereocenters. The van der Waals surface area contributed by atoms with Crippen LogP contribution in [0.3, 0.4) is 0 Å². The van der Waals surface area contributed by atoms with Gasteiger partial charge in [0.05, 0.1) is 7.11 Å². The van der Waals surface area contributed by atoms with E-state index in [0.717, 1.165) is 11.1 Å². The summed E-state index contributed by atoms with van der Waals surface area (Å²) >= 11 is 0. The molecule has 3 atom stereocenters. The molecule has 0 saturated carbocycles. The first-order valence-electron chi connectivity index (χ1n) is 9.90. The number of allylic oxidation sites excluding steroid dienone is 2. The molecule has 0 fully saturated rings. The quantitative estimate of drug-likeness (QED) is 0.750. The molecule has 0 amide bonds. The summed E-state index contributed by atoms with van der Waals surface area (Å²) in [5.41, 5.74) is 1.23. The lowest BCUT2D eigenvalue weighted by atomic mass is 9.75. The predicted octanol–water partition coefficient (Wildman–Crippen LogP) is 3.01. The Labute approximate surface area is 174 Å². The monoisotopic (exact) mass is 412 g/mol. The minimum atomic E-state index is -1.69. The highest BCUT2D eigenvalue weighted by Gasteiger charge is 2.56. The van der Waals surface area contributed by atoms with E-state index >= 15 is 0 Å². The van der Waals surface area contributed by atoms with Gasteiger partial charge in [-0.15, -0.1) is 0 Å². The van der Waals surface area contributed by atoms with Crippen molar-refractivity contribution in [3.63, 3.8) is 0 Å². The number of aliphatic hydroxyl groups excluding tert-OH is 1. The van der Waals surface area contributed by atoms with Gasteiger partial charge in [-0.05, 0) is 38.5 Å². The van der Waals surface area contributed by atoms with Gasteiger partial charge < -0.3 is 33.9 Å². The molecule has 2 aromatic carbocycles. The summed E-state index contributed by atoms with van der Waals surface area (Å²) < 4.78 is 28.5. The standard InChI is InChI=1S/C23H24O7/c1-12(2)4-5-13-16(26-3)7-6-14-21(13)30-20-10-27-17-9-19-18(28-11-29-19)8-15(17)23(20,25)22(14)24/h4,6-9,20,22,24-25H,5,10-11H2,1-3H3. The smallest absolute Gasteiger partial charge is 0.231 e. The average molecular weight is 412 g/mol. The summed E-state index contributed by atoms with van der Waals surface area (Å²) in [5, 5.41) is 23.1. The summed E-state index contributed by atoms with van der Waals surface area (Å²) in [4.78, 5) is 0. The zero-order chi connectivity index (χ0) is 21.0. The normalized spacial score (nSPS) is 25.2. The van der Waals surface area contributed by atoms with Gasteiger partial charge in [-0.3, -0.25) is 0 Å². The van der Waals surface area contributed by atoms with Crippen LogP contribution in [0.4, 0.5) is 0 Å². The lowest BCUT2D eigenvalue weighted by molar-refractivity contribution is -0.179. The van der Waals surface area contributed by atoms with Crippen LogP contribution in [0.5, 0.6) is 28.7 Å². The van der Waals surface area contributed by atoms with E-state index in [4.69, 9.17) is 23.7 Å². The van der Waals surface area contributed by atoms with Crippen molar-refractivity contribution in [2.24, 2.45) is 0 Å². The van der Waals surface area contributed by atoms with E-state index < -0.39 is 17.8 Å². The number of fused-ring (bicyclic) bond motifs is 5. The molecule has 0 aromatic heterocycles. The number of rotatable bonds is 3. The first kappa shape index (κ1) is 19.1. The Morgan fingerprint density at radius 1 is 1.17 bits per heavy atom. The van der Waals surface area contributed by atoms with Gasteiger partial charge in [-0.1, -0.05) is 11.6 Å². The Morgan fingerprint density at radius 3 is 2.67 bits per heavy atom. The van der Waals surface area contributed by atoms with Gasteiger partial charge in [0, 0.05) is 22.8 Å². The molecule has 7 heteroatoms. The Bertz CT molecular complexity index is 1040. The molecule has 0 bridgehead atoms. The van der Waals surface area contributed by atoms with Crippen molar-refractivity contribution >= 4 is 0 Å². The number of hydrogen-bond acceptors (Lipinski definition) is 7. The molecular formula is C23H24O7. The third kappa shape index (κ3) is 2.66. The summed E-state index contributed by atoms with van der Waals surface area (Å²) in [5.74, 6) is 2.70. The number of aliphatic hydroxyl groups is 2. The highest BCUT2D eigenvalue weighted by Crippen LogP contribution is 2.55. The number of benzene rings is 2. The van der Waals surface area contributed by atoms with Gasteiger partial charge in [0.15, 0.2) is 23.2 Å². The van der Waals surface area contributed by atoms with Gasteiger partial charge in [-0.2, -0.15) is 0 Å². The fourth-order valence-corrected chi connectivity index (χ4v) is 4.32. The molecule has 30 heavy (non-hydrogen) atoms. The summed E-state index contributed by atoms with van der Waals surface area (Å²) in [6, 6.07) is 6.88. The van der Waals surface area contributed by atoms with Crippen LogP contribution in [0.2, 0.25) is 0 Å². The molecule has 3 aliphatic rings. The summed E-state index contributed by atoms with van der Waals surface area (Å²) in [6.07, 6.45) is 0.640. The number of methoxy groups -OCH3 is 1. The minimum absolute atomic E-state index is 0.0823. The van der Waals surface area contributed by atoms with E-state index in [1.54, 1.807) is 31.4 Å². The Morgan fingerprint density at radius 2 is 1.93 bits per heavy atom. The van der Waals surface area contributed by atoms with E-state index in [0.29, 0.717) is 46.3 Å². The summed E-state index contributed by atoms with van der Waals surface area (Å²) in [6.45, 7) is 4.23. The zero-order valence-electron chi connectivity index (χ0n) is 17.1. The van der Waals surface area contributed by atoms with Gasteiger partial charge >= 0.3 is 0 Å². The molecule has 5 rings (SSSR count). The lowest BCUT2D eigenvalue weighted by Gasteiger charge is -2.47. The molecule has 2 aromatic rings. The van der Waals surface area contributed by atoms with Gasteiger partial charge in [0.25, 0.3) is 0 Å². The number of hydrogen-bond donors (Lipinski definition) is 2. The average Bonchev–Trinajstić information content (AvgIpc) is 3.19. The molecular weight excluding hydrogens is 388 g/mol. The molecule has 3 aliphatic heterocycles. The maximum absolute atomic E-state index is 11.7. The van der Waals surface area contributed by atoms with Crippen molar-refractivity contribution in [2.75, 3.05) is 20.5 Å². The predicted molar refractivity (Wildman–Crippen MR) is 107 cm³/mol. The second kappa shape index (κ2) is 6.82. The van der Waals surface area contributed by atoms with Gasteiger partial charge in [0.2, 0.25) is 6.79 Å². The van der Waals surface area contributed by atoms with E-state index in [1.165, 1.54) is 0 Å². The molecule has 7 nitrogen and oxygen atoms in total. The lowest BCUT2D eigenvalue weighted by Crippen LogP contribution is -2.56. The molecule has 0 radical (unpaired) electrons. The van der Waals surface area contributed by atoms with Crippen LogP contribution in [0, 0.1) is 0 Å². The van der Waals surface area contributed by atoms with Crippen LogP contribution < -0.4 is 23.7 Å². The Balaban J connectivity index is 1.64. The summed E-state index contributed by atoms with van der Waals surface area (Å²) in [7, 11) is 1.60. The maximum Gasteiger partial charge on any atom is 0.231 e. The molecule has 0 saturated heterocycles. The first-order valence-corrected chi connectivity index (χ1v) is 9.90. The van der Waals surface area contributed by atoms with Crippen molar-refractivity contribution in [1.82, 2.24) is 0 Å². The second-order valence-electron chi connectivity index (χ2n) is 8.00. The SMILES string of the molecule is COc1ccc2c(c1CC=C(C)C)OC1COc3cc4c(cc3C1(O)C2O)OCO4. The van der Waals surface area contributed by atoms with Crippen molar-refractivity contribution < 1.29 is 33.9 Å². The molecule has 0 aliphatic carbocycles. The van der Waals surface area contributed by atoms with Crippen LogP contribution in [0.1, 0.15) is 36.6 Å². The fraction of sp³-hybridized carbons (Fsp3) is 0.391. The third-order valence-electron chi connectivity index (χ3n) is 5.94. The van der Waals surface area contributed by atoms with Crippen LogP contribution in [0.25, 0.3) is 0 Å². The maximum atomic E-state index is 11.7. The van der Waals surface area contributed by atoms with Crippen LogP contribution >= 0.6 is 0 Å². The molecule has 0 spiro atoms.